The average molecular weight is 250 g/mol. The molecular weight excluding hydrogens is 236 g/mol. The summed E-state index contributed by atoms with van der Waals surface area (Å²) in [7, 11) is 0. The Bertz CT molecular complexity index is 804. The van der Waals surface area contributed by atoms with E-state index in [1.807, 2.05) is 56.3 Å². The lowest BCUT2D eigenvalue weighted by Gasteiger charge is -2.06. The maximum Gasteiger partial charge on any atom is 0.257 e. The van der Waals surface area contributed by atoms with Gasteiger partial charge >= 0.3 is 0 Å². The van der Waals surface area contributed by atoms with E-state index in [4.69, 9.17) is 0 Å². The van der Waals surface area contributed by atoms with Gasteiger partial charge in [-0.25, -0.2) is 4.98 Å². The van der Waals surface area contributed by atoms with Crippen LogP contribution in [0.2, 0.25) is 0 Å². The summed E-state index contributed by atoms with van der Waals surface area (Å²) < 4.78 is 0. The molecule has 0 saturated carbocycles. The van der Waals surface area contributed by atoms with Crippen LogP contribution in [-0.4, -0.2) is 9.97 Å². The lowest BCUT2D eigenvalue weighted by Crippen LogP contribution is -2.10. The van der Waals surface area contributed by atoms with Crippen molar-refractivity contribution < 1.29 is 0 Å². The van der Waals surface area contributed by atoms with Crippen LogP contribution in [0.15, 0.2) is 47.3 Å². The highest BCUT2D eigenvalue weighted by Gasteiger charge is 2.08. The quantitative estimate of drug-likeness (QED) is 0.720. The van der Waals surface area contributed by atoms with Gasteiger partial charge in [0, 0.05) is 16.6 Å². The zero-order valence-electron chi connectivity index (χ0n) is 10.9. The van der Waals surface area contributed by atoms with Gasteiger partial charge in [0.25, 0.3) is 5.56 Å². The number of fused-ring (bicyclic) bond motifs is 1. The van der Waals surface area contributed by atoms with Crippen molar-refractivity contribution in [2.75, 3.05) is 0 Å². The molecule has 0 bridgehead atoms. The van der Waals surface area contributed by atoms with Gasteiger partial charge in [-0.05, 0) is 37.1 Å². The number of nitrogens with zero attached hydrogens (tertiary/aromatic N) is 1. The number of benzene rings is 1. The van der Waals surface area contributed by atoms with Crippen LogP contribution in [0.3, 0.4) is 0 Å². The Morgan fingerprint density at radius 2 is 1.79 bits per heavy atom. The molecule has 3 heteroatoms. The summed E-state index contributed by atoms with van der Waals surface area (Å²) in [5.41, 5.74) is 4.19. The van der Waals surface area contributed by atoms with Gasteiger partial charge in [0.15, 0.2) is 0 Å². The molecule has 19 heavy (non-hydrogen) atoms. The molecule has 1 N–H and O–H groups in total. The molecule has 3 rings (SSSR count). The zero-order valence-corrected chi connectivity index (χ0v) is 10.9. The second-order valence-corrected chi connectivity index (χ2v) is 4.72. The molecule has 0 aliphatic carbocycles. The van der Waals surface area contributed by atoms with Gasteiger partial charge in [0.2, 0.25) is 0 Å². The predicted molar refractivity (Wildman–Crippen MR) is 77.3 cm³/mol. The second kappa shape index (κ2) is 4.35. The number of H-pyrrole nitrogens is 1. The number of hydrogen-bond acceptors (Lipinski definition) is 2. The number of nitrogens with one attached hydrogen (secondary N) is 1. The molecule has 0 spiro atoms. The molecule has 0 saturated heterocycles. The number of rotatable bonds is 1. The fourth-order valence-corrected chi connectivity index (χ4v) is 2.34. The van der Waals surface area contributed by atoms with Gasteiger partial charge in [0.1, 0.15) is 5.65 Å². The molecule has 94 valence electrons. The lowest BCUT2D eigenvalue weighted by atomic mass is 10.0. The summed E-state index contributed by atoms with van der Waals surface area (Å²) in [5, 5.41) is 0.990. The predicted octanol–water partition coefficient (Wildman–Crippen LogP) is 3.21. The van der Waals surface area contributed by atoms with E-state index in [-0.39, 0.29) is 5.56 Å². The highest BCUT2D eigenvalue weighted by atomic mass is 16.1. The van der Waals surface area contributed by atoms with E-state index in [9.17, 15) is 4.79 Å². The molecule has 0 aliphatic heterocycles. The van der Waals surface area contributed by atoms with Gasteiger partial charge in [0.05, 0.1) is 0 Å². The van der Waals surface area contributed by atoms with Gasteiger partial charge in [-0.2, -0.15) is 0 Å². The molecule has 3 nitrogen and oxygen atoms in total. The molecule has 0 fully saturated rings. The topological polar surface area (TPSA) is 45.8 Å². The van der Waals surface area contributed by atoms with Crippen LogP contribution >= 0.6 is 0 Å². The Balaban J connectivity index is 2.34. The SMILES string of the molecule is Cc1cc(C)c2cc(-c3ccccc3)c(=O)[nH]c2n1. The minimum absolute atomic E-state index is 0.101. The van der Waals surface area contributed by atoms with E-state index in [1.54, 1.807) is 0 Å². The normalized spacial score (nSPS) is 10.8. The summed E-state index contributed by atoms with van der Waals surface area (Å²) in [5.74, 6) is 0. The number of hydrogen-bond donors (Lipinski definition) is 1. The van der Waals surface area contributed by atoms with Gasteiger partial charge in [-0.15, -0.1) is 0 Å². The Hall–Kier alpha value is -2.42. The molecule has 3 aromatic rings. The van der Waals surface area contributed by atoms with Crippen molar-refractivity contribution in [3.63, 3.8) is 0 Å². The minimum atomic E-state index is -0.101. The number of aromatic nitrogens is 2. The van der Waals surface area contributed by atoms with Crippen molar-refractivity contribution in [3.05, 3.63) is 64.1 Å². The van der Waals surface area contributed by atoms with Crippen LogP contribution < -0.4 is 5.56 Å². The van der Waals surface area contributed by atoms with Crippen LogP contribution in [-0.2, 0) is 0 Å². The Morgan fingerprint density at radius 3 is 2.53 bits per heavy atom. The van der Waals surface area contributed by atoms with Crippen LogP contribution in [0.4, 0.5) is 0 Å². The van der Waals surface area contributed by atoms with Crippen molar-refractivity contribution in [1.29, 1.82) is 0 Å². The van der Waals surface area contributed by atoms with E-state index >= 15 is 0 Å². The molecule has 2 heterocycles. The van der Waals surface area contributed by atoms with Crippen LogP contribution in [0.1, 0.15) is 11.3 Å². The molecule has 0 radical (unpaired) electrons. The third-order valence-electron chi connectivity index (χ3n) is 3.24. The van der Waals surface area contributed by atoms with Crippen molar-refractivity contribution in [2.45, 2.75) is 13.8 Å². The molecule has 0 unspecified atom stereocenters. The largest absolute Gasteiger partial charge is 0.306 e. The highest BCUT2D eigenvalue weighted by Crippen LogP contribution is 2.21. The summed E-state index contributed by atoms with van der Waals surface area (Å²) in [4.78, 5) is 19.4. The van der Waals surface area contributed by atoms with E-state index in [1.165, 1.54) is 0 Å². The van der Waals surface area contributed by atoms with Crippen LogP contribution in [0.5, 0.6) is 0 Å². The Kier molecular flexibility index (Phi) is 2.67. The van der Waals surface area contributed by atoms with Gasteiger partial charge < -0.3 is 4.98 Å². The summed E-state index contributed by atoms with van der Waals surface area (Å²) in [6.45, 7) is 3.96. The summed E-state index contributed by atoms with van der Waals surface area (Å²) >= 11 is 0. The smallest absolute Gasteiger partial charge is 0.257 e. The van der Waals surface area contributed by atoms with Crippen molar-refractivity contribution in [2.24, 2.45) is 0 Å². The van der Waals surface area contributed by atoms with Crippen LogP contribution in [0.25, 0.3) is 22.2 Å². The molecule has 0 atom stereocenters. The monoisotopic (exact) mass is 250 g/mol. The van der Waals surface area contributed by atoms with E-state index in [0.717, 1.165) is 22.2 Å². The zero-order chi connectivity index (χ0) is 13.4. The number of pyridine rings is 2. The maximum atomic E-state index is 12.2. The van der Waals surface area contributed by atoms with Crippen molar-refractivity contribution >= 4 is 11.0 Å². The first-order valence-corrected chi connectivity index (χ1v) is 6.22. The third kappa shape index (κ3) is 2.03. The molecule has 0 amide bonds. The first-order chi connectivity index (χ1) is 9.15. The van der Waals surface area contributed by atoms with Gasteiger partial charge in [-0.1, -0.05) is 30.3 Å². The summed E-state index contributed by atoms with van der Waals surface area (Å²) in [6, 6.07) is 13.6. The summed E-state index contributed by atoms with van der Waals surface area (Å²) in [6.07, 6.45) is 0. The van der Waals surface area contributed by atoms with Crippen molar-refractivity contribution in [3.8, 4) is 11.1 Å². The van der Waals surface area contributed by atoms with E-state index in [2.05, 4.69) is 9.97 Å². The van der Waals surface area contributed by atoms with E-state index in [0.29, 0.717) is 11.2 Å². The second-order valence-electron chi connectivity index (χ2n) is 4.72. The Labute approximate surface area is 111 Å². The molecule has 0 aliphatic rings. The lowest BCUT2D eigenvalue weighted by molar-refractivity contribution is 1.16. The van der Waals surface area contributed by atoms with Crippen molar-refractivity contribution in [1.82, 2.24) is 9.97 Å². The standard InChI is InChI=1S/C16H14N2O/c1-10-8-11(2)17-15-13(10)9-14(16(19)18-15)12-6-4-3-5-7-12/h3-9H,1-2H3,(H,17,18,19). The van der Waals surface area contributed by atoms with Gasteiger partial charge in [-0.3, -0.25) is 4.79 Å². The third-order valence-corrected chi connectivity index (χ3v) is 3.24. The first-order valence-electron chi connectivity index (χ1n) is 6.22. The van der Waals surface area contributed by atoms with Crippen LogP contribution in [0, 0.1) is 13.8 Å². The van der Waals surface area contributed by atoms with E-state index < -0.39 is 0 Å². The number of aromatic amines is 1. The molecular formula is C16H14N2O. The fraction of sp³-hybridized carbons (Fsp3) is 0.125. The first kappa shape index (κ1) is 11.7. The molecule has 1 aromatic carbocycles. The highest BCUT2D eigenvalue weighted by molar-refractivity contribution is 5.83. The maximum absolute atomic E-state index is 12.2. The minimum Gasteiger partial charge on any atom is -0.306 e. The average Bonchev–Trinajstić information content (AvgIpc) is 2.38. The Morgan fingerprint density at radius 1 is 1.05 bits per heavy atom. The fourth-order valence-electron chi connectivity index (χ4n) is 2.34. The molecule has 2 aromatic heterocycles. The number of aryl methyl sites for hydroxylation is 2.